The van der Waals surface area contributed by atoms with Crippen LogP contribution in [-0.2, 0) is 14.3 Å². The molecule has 0 aliphatic rings. The summed E-state index contributed by atoms with van der Waals surface area (Å²) in [5.41, 5.74) is 0. The van der Waals surface area contributed by atoms with E-state index in [1.54, 1.807) is 0 Å². The molecule has 0 aromatic carbocycles. The lowest BCUT2D eigenvalue weighted by molar-refractivity contribution is -0.145. The Hall–Kier alpha value is -1.06. The van der Waals surface area contributed by atoms with E-state index in [9.17, 15) is 9.59 Å². The van der Waals surface area contributed by atoms with Gasteiger partial charge in [-0.15, -0.1) is 0 Å². The molecule has 0 saturated heterocycles. The Balaban J connectivity index is 3.85. The molecule has 1 N–H and O–H groups in total. The summed E-state index contributed by atoms with van der Waals surface area (Å²) >= 11 is 0. The predicted molar refractivity (Wildman–Crippen MR) is 70.4 cm³/mol. The predicted octanol–water partition coefficient (Wildman–Crippen LogP) is 3.39. The number of hydrogen-bond donors (Lipinski definition) is 1. The molecule has 0 bridgehead atoms. The third-order valence-corrected chi connectivity index (χ3v) is 2.95. The van der Waals surface area contributed by atoms with E-state index in [1.165, 1.54) is 0 Å². The summed E-state index contributed by atoms with van der Waals surface area (Å²) in [5.74, 6) is -0.882. The van der Waals surface area contributed by atoms with Gasteiger partial charge in [-0.3, -0.25) is 9.59 Å². The fourth-order valence-electron chi connectivity index (χ4n) is 1.81. The molecule has 4 nitrogen and oxygen atoms in total. The molecule has 0 fully saturated rings. The lowest BCUT2D eigenvalue weighted by Gasteiger charge is -2.13. The summed E-state index contributed by atoms with van der Waals surface area (Å²) in [5, 5.41) is 8.81. The van der Waals surface area contributed by atoms with Crippen molar-refractivity contribution in [3.8, 4) is 0 Å². The zero-order valence-electron chi connectivity index (χ0n) is 11.6. The maximum Gasteiger partial charge on any atom is 0.305 e. The second-order valence-electron chi connectivity index (χ2n) is 4.72. The van der Waals surface area contributed by atoms with Crippen LogP contribution >= 0.6 is 0 Å². The summed E-state index contributed by atoms with van der Waals surface area (Å²) < 4.78 is 5.06. The highest BCUT2D eigenvalue weighted by Crippen LogP contribution is 2.19. The van der Waals surface area contributed by atoms with Gasteiger partial charge in [0.2, 0.25) is 0 Å². The highest BCUT2D eigenvalue weighted by molar-refractivity contribution is 5.70. The molecule has 0 rings (SSSR count). The first-order valence-corrected chi connectivity index (χ1v) is 6.97. The van der Waals surface area contributed by atoms with Crippen molar-refractivity contribution in [1.82, 2.24) is 0 Å². The van der Waals surface area contributed by atoms with Gasteiger partial charge in [0.25, 0.3) is 0 Å². The van der Waals surface area contributed by atoms with Gasteiger partial charge >= 0.3 is 11.9 Å². The second-order valence-corrected chi connectivity index (χ2v) is 4.72. The van der Waals surface area contributed by atoms with Gasteiger partial charge in [-0.2, -0.15) is 0 Å². The average Bonchev–Trinajstić information content (AvgIpc) is 2.32. The summed E-state index contributed by atoms with van der Waals surface area (Å²) in [7, 11) is 0. The minimum absolute atomic E-state index is 0.0983. The number of carbonyl (C=O) groups is 2. The van der Waals surface area contributed by atoms with Crippen molar-refractivity contribution in [2.45, 2.75) is 65.2 Å². The van der Waals surface area contributed by atoms with Crippen molar-refractivity contribution in [3.63, 3.8) is 0 Å². The van der Waals surface area contributed by atoms with E-state index in [4.69, 9.17) is 9.84 Å². The van der Waals surface area contributed by atoms with Gasteiger partial charge in [0.15, 0.2) is 0 Å². The molecule has 0 radical (unpaired) electrons. The van der Waals surface area contributed by atoms with Crippen LogP contribution in [0, 0.1) is 5.92 Å². The molecule has 4 heteroatoms. The molecule has 0 spiro atoms. The van der Waals surface area contributed by atoms with Gasteiger partial charge in [-0.05, 0) is 25.2 Å². The number of aliphatic carboxylic acids is 1. The molecule has 0 aliphatic carbocycles. The van der Waals surface area contributed by atoms with Crippen LogP contribution in [0.25, 0.3) is 0 Å². The highest BCUT2D eigenvalue weighted by atomic mass is 16.5. The normalized spacial score (nSPS) is 12.1. The molecule has 0 aromatic heterocycles. The van der Waals surface area contributed by atoms with Gasteiger partial charge in [0, 0.05) is 12.8 Å². The average molecular weight is 258 g/mol. The Morgan fingerprint density at radius 1 is 1.11 bits per heavy atom. The topological polar surface area (TPSA) is 63.6 Å². The van der Waals surface area contributed by atoms with E-state index < -0.39 is 5.97 Å². The molecule has 0 aromatic rings. The Morgan fingerprint density at radius 3 is 2.33 bits per heavy atom. The third kappa shape index (κ3) is 10.1. The monoisotopic (exact) mass is 258 g/mol. The van der Waals surface area contributed by atoms with Gasteiger partial charge in [0.1, 0.15) is 0 Å². The van der Waals surface area contributed by atoms with Gasteiger partial charge in [0.05, 0.1) is 6.61 Å². The summed E-state index contributed by atoms with van der Waals surface area (Å²) in [4.78, 5) is 22.1. The zero-order valence-corrected chi connectivity index (χ0v) is 11.6. The Labute approximate surface area is 110 Å². The molecule has 0 heterocycles. The maximum atomic E-state index is 11.4. The summed E-state index contributed by atoms with van der Waals surface area (Å²) in [6.07, 6.45) is 5.96. The van der Waals surface area contributed by atoms with E-state index in [-0.39, 0.29) is 18.3 Å². The van der Waals surface area contributed by atoms with Crippen LogP contribution in [0.2, 0.25) is 0 Å². The first-order chi connectivity index (χ1) is 8.60. The fourth-order valence-corrected chi connectivity index (χ4v) is 1.81. The van der Waals surface area contributed by atoms with Crippen molar-refractivity contribution in [2.24, 2.45) is 5.92 Å². The van der Waals surface area contributed by atoms with E-state index in [0.29, 0.717) is 19.4 Å². The fraction of sp³-hybridized carbons (Fsp3) is 0.857. The van der Waals surface area contributed by atoms with Crippen molar-refractivity contribution in [2.75, 3.05) is 6.61 Å². The van der Waals surface area contributed by atoms with Crippen molar-refractivity contribution < 1.29 is 19.4 Å². The molecular weight excluding hydrogens is 232 g/mol. The Kier molecular flexibility index (Phi) is 10.4. The minimum atomic E-state index is -0.782. The Bertz CT molecular complexity index is 238. The lowest BCUT2D eigenvalue weighted by atomic mass is 9.93. The van der Waals surface area contributed by atoms with Crippen molar-refractivity contribution in [1.29, 1.82) is 0 Å². The zero-order chi connectivity index (χ0) is 13.8. The SMILES string of the molecule is CCCCOC(=O)CCC(CCCC)CC(=O)O. The third-order valence-electron chi connectivity index (χ3n) is 2.95. The van der Waals surface area contributed by atoms with Crippen molar-refractivity contribution >= 4 is 11.9 Å². The first kappa shape index (κ1) is 16.9. The van der Waals surface area contributed by atoms with Gasteiger partial charge < -0.3 is 9.84 Å². The van der Waals surface area contributed by atoms with Crippen LogP contribution in [0.1, 0.15) is 65.2 Å². The second kappa shape index (κ2) is 11.1. The number of carboxylic acid groups (broad SMARTS) is 1. The van der Waals surface area contributed by atoms with E-state index in [0.717, 1.165) is 32.1 Å². The van der Waals surface area contributed by atoms with Crippen LogP contribution in [0.3, 0.4) is 0 Å². The number of carboxylic acids is 1. The van der Waals surface area contributed by atoms with Gasteiger partial charge in [-0.1, -0.05) is 33.1 Å². The van der Waals surface area contributed by atoms with E-state index in [1.807, 2.05) is 6.92 Å². The number of hydrogen-bond acceptors (Lipinski definition) is 3. The molecule has 1 unspecified atom stereocenters. The molecule has 106 valence electrons. The van der Waals surface area contributed by atoms with Crippen LogP contribution in [-0.4, -0.2) is 23.7 Å². The molecule has 1 atom stereocenters. The number of carbonyl (C=O) groups excluding carboxylic acids is 1. The van der Waals surface area contributed by atoms with E-state index in [2.05, 4.69) is 6.92 Å². The van der Waals surface area contributed by atoms with Crippen LogP contribution < -0.4 is 0 Å². The molecule has 18 heavy (non-hydrogen) atoms. The molecule has 0 amide bonds. The number of rotatable bonds is 11. The first-order valence-electron chi connectivity index (χ1n) is 6.97. The summed E-state index contributed by atoms with van der Waals surface area (Å²) in [6.45, 7) is 4.60. The highest BCUT2D eigenvalue weighted by Gasteiger charge is 2.15. The number of ether oxygens (including phenoxy) is 1. The number of esters is 1. The van der Waals surface area contributed by atoms with Crippen LogP contribution in [0.15, 0.2) is 0 Å². The van der Waals surface area contributed by atoms with Gasteiger partial charge in [-0.25, -0.2) is 0 Å². The quantitative estimate of drug-likeness (QED) is 0.456. The Morgan fingerprint density at radius 2 is 1.78 bits per heavy atom. The van der Waals surface area contributed by atoms with E-state index >= 15 is 0 Å². The summed E-state index contributed by atoms with van der Waals surface area (Å²) in [6, 6.07) is 0. The molecular formula is C14H26O4. The number of unbranched alkanes of at least 4 members (excludes halogenated alkanes) is 2. The molecule has 0 saturated carbocycles. The van der Waals surface area contributed by atoms with Crippen molar-refractivity contribution in [3.05, 3.63) is 0 Å². The van der Waals surface area contributed by atoms with Crippen LogP contribution in [0.4, 0.5) is 0 Å². The standard InChI is InChI=1S/C14H26O4/c1-3-5-7-12(11-13(15)16)8-9-14(17)18-10-6-4-2/h12H,3-11H2,1-2H3,(H,15,16). The smallest absolute Gasteiger partial charge is 0.305 e. The largest absolute Gasteiger partial charge is 0.481 e. The minimum Gasteiger partial charge on any atom is -0.481 e. The molecule has 0 aliphatic heterocycles. The maximum absolute atomic E-state index is 11.4. The lowest BCUT2D eigenvalue weighted by Crippen LogP contribution is -2.12. The van der Waals surface area contributed by atoms with Crippen LogP contribution in [0.5, 0.6) is 0 Å².